The molecule has 0 spiro atoms. The van der Waals surface area contributed by atoms with E-state index in [0.29, 0.717) is 5.84 Å². The van der Waals surface area contributed by atoms with Gasteiger partial charge in [0.05, 0.1) is 11.9 Å². The first-order valence-electron chi connectivity index (χ1n) is 3.46. The molecule has 0 saturated carbocycles. The third kappa shape index (κ3) is 5.56. The Labute approximate surface area is 62.3 Å². The zero-order valence-electron chi connectivity index (χ0n) is 6.92. The van der Waals surface area contributed by atoms with Gasteiger partial charge in [-0.1, -0.05) is 0 Å². The number of hydrogen-bond acceptors (Lipinski definition) is 2. The van der Waals surface area contributed by atoms with Crippen LogP contribution in [0.25, 0.3) is 0 Å². The van der Waals surface area contributed by atoms with Crippen molar-refractivity contribution in [3.63, 3.8) is 0 Å². The van der Waals surface area contributed by atoms with Gasteiger partial charge >= 0.3 is 0 Å². The summed E-state index contributed by atoms with van der Waals surface area (Å²) in [5, 5.41) is 0. The fraction of sp³-hybridized carbons (Fsp3) is 0.857. The average Bonchev–Trinajstić information content (AvgIpc) is 1.87. The summed E-state index contributed by atoms with van der Waals surface area (Å²) >= 11 is 0. The van der Waals surface area contributed by atoms with Crippen LogP contribution >= 0.6 is 0 Å². The van der Waals surface area contributed by atoms with Gasteiger partial charge in [0.15, 0.2) is 0 Å². The van der Waals surface area contributed by atoms with Gasteiger partial charge < -0.3 is 10.5 Å². The fourth-order valence-corrected chi connectivity index (χ4v) is 0.541. The summed E-state index contributed by atoms with van der Waals surface area (Å²) in [4.78, 5) is 4.03. The standard InChI is InChI=1S/C7H16N2O/c1-6(10-3)4-5-9-7(2)8/h6H,4-5H2,1-3H3,(H2,8,9). The highest BCUT2D eigenvalue weighted by Gasteiger charge is 1.95. The number of nitrogens with two attached hydrogens (primary N) is 1. The minimum Gasteiger partial charge on any atom is -0.388 e. The molecule has 0 rings (SSSR count). The van der Waals surface area contributed by atoms with E-state index in [1.807, 2.05) is 6.92 Å². The number of rotatable bonds is 4. The predicted molar refractivity (Wildman–Crippen MR) is 43.3 cm³/mol. The first kappa shape index (κ1) is 9.43. The van der Waals surface area contributed by atoms with E-state index in [1.165, 1.54) is 0 Å². The molecule has 1 unspecified atom stereocenters. The Bertz CT molecular complexity index is 108. The summed E-state index contributed by atoms with van der Waals surface area (Å²) in [5.74, 6) is 0.642. The second-order valence-electron chi connectivity index (χ2n) is 2.36. The van der Waals surface area contributed by atoms with Crippen molar-refractivity contribution in [1.82, 2.24) is 0 Å². The molecule has 3 nitrogen and oxygen atoms in total. The zero-order valence-corrected chi connectivity index (χ0v) is 6.92. The average molecular weight is 144 g/mol. The zero-order chi connectivity index (χ0) is 7.98. The molecule has 0 aromatic carbocycles. The van der Waals surface area contributed by atoms with Crippen molar-refractivity contribution in [2.24, 2.45) is 10.7 Å². The molecule has 0 heterocycles. The van der Waals surface area contributed by atoms with E-state index in [9.17, 15) is 0 Å². The first-order valence-corrected chi connectivity index (χ1v) is 3.46. The van der Waals surface area contributed by atoms with Gasteiger partial charge in [0.2, 0.25) is 0 Å². The number of methoxy groups -OCH3 is 1. The normalized spacial score (nSPS) is 15.3. The maximum absolute atomic E-state index is 5.33. The number of nitrogens with zero attached hydrogens (tertiary/aromatic N) is 1. The summed E-state index contributed by atoms with van der Waals surface area (Å²) in [6.07, 6.45) is 1.22. The molecule has 0 aliphatic heterocycles. The molecule has 0 aromatic rings. The lowest BCUT2D eigenvalue weighted by atomic mass is 10.3. The molecule has 0 fully saturated rings. The highest BCUT2D eigenvalue weighted by Crippen LogP contribution is 1.94. The van der Waals surface area contributed by atoms with Crippen LogP contribution < -0.4 is 5.73 Å². The Morgan fingerprint density at radius 3 is 2.70 bits per heavy atom. The quantitative estimate of drug-likeness (QED) is 0.468. The van der Waals surface area contributed by atoms with Gasteiger partial charge in [-0.25, -0.2) is 0 Å². The summed E-state index contributed by atoms with van der Waals surface area (Å²) < 4.78 is 5.02. The summed E-state index contributed by atoms with van der Waals surface area (Å²) in [5.41, 5.74) is 5.33. The van der Waals surface area contributed by atoms with E-state index in [4.69, 9.17) is 10.5 Å². The van der Waals surface area contributed by atoms with E-state index in [0.717, 1.165) is 13.0 Å². The van der Waals surface area contributed by atoms with Gasteiger partial charge in [0.25, 0.3) is 0 Å². The molecule has 10 heavy (non-hydrogen) atoms. The molecular formula is C7H16N2O. The molecule has 0 aliphatic carbocycles. The predicted octanol–water partition coefficient (Wildman–Crippen LogP) is 0.788. The van der Waals surface area contributed by atoms with Gasteiger partial charge in [0, 0.05) is 13.7 Å². The Hall–Kier alpha value is -0.570. The van der Waals surface area contributed by atoms with Crippen molar-refractivity contribution < 1.29 is 4.74 Å². The highest BCUT2D eigenvalue weighted by atomic mass is 16.5. The molecule has 0 saturated heterocycles. The Morgan fingerprint density at radius 2 is 2.30 bits per heavy atom. The Morgan fingerprint density at radius 1 is 1.70 bits per heavy atom. The lowest BCUT2D eigenvalue weighted by molar-refractivity contribution is 0.113. The molecule has 0 bridgehead atoms. The minimum absolute atomic E-state index is 0.281. The van der Waals surface area contributed by atoms with Crippen molar-refractivity contribution in [2.75, 3.05) is 13.7 Å². The van der Waals surface area contributed by atoms with Crippen LogP contribution in [0.15, 0.2) is 4.99 Å². The van der Waals surface area contributed by atoms with Crippen LogP contribution in [-0.4, -0.2) is 25.6 Å². The van der Waals surface area contributed by atoms with Crippen LogP contribution in [0, 0.1) is 0 Å². The number of ether oxygens (including phenoxy) is 1. The fourth-order valence-electron chi connectivity index (χ4n) is 0.541. The molecule has 1 atom stereocenters. The SMILES string of the molecule is COC(C)CCN=C(C)N. The monoisotopic (exact) mass is 144 g/mol. The van der Waals surface area contributed by atoms with E-state index in [2.05, 4.69) is 4.99 Å². The maximum Gasteiger partial charge on any atom is 0.0905 e. The molecule has 2 N–H and O–H groups in total. The van der Waals surface area contributed by atoms with Crippen LogP contribution in [0.1, 0.15) is 20.3 Å². The molecule has 0 aliphatic rings. The van der Waals surface area contributed by atoms with E-state index < -0.39 is 0 Å². The maximum atomic E-state index is 5.33. The van der Waals surface area contributed by atoms with Crippen LogP contribution in [0.3, 0.4) is 0 Å². The lowest BCUT2D eigenvalue weighted by Gasteiger charge is -2.05. The number of aliphatic imine (C=N–C) groups is 1. The van der Waals surface area contributed by atoms with Crippen molar-refractivity contribution in [3.8, 4) is 0 Å². The van der Waals surface area contributed by atoms with Gasteiger partial charge in [-0.2, -0.15) is 0 Å². The molecule has 0 amide bonds. The van der Waals surface area contributed by atoms with Crippen LogP contribution in [0.2, 0.25) is 0 Å². The molecule has 3 heteroatoms. The molecular weight excluding hydrogens is 128 g/mol. The second kappa shape index (κ2) is 5.23. The van der Waals surface area contributed by atoms with Crippen molar-refractivity contribution in [1.29, 1.82) is 0 Å². The third-order valence-electron chi connectivity index (χ3n) is 1.30. The van der Waals surface area contributed by atoms with E-state index in [1.54, 1.807) is 14.0 Å². The Kier molecular flexibility index (Phi) is 4.94. The van der Waals surface area contributed by atoms with Gasteiger partial charge in [0.1, 0.15) is 0 Å². The van der Waals surface area contributed by atoms with E-state index in [-0.39, 0.29) is 6.10 Å². The first-order chi connectivity index (χ1) is 4.66. The smallest absolute Gasteiger partial charge is 0.0905 e. The summed E-state index contributed by atoms with van der Waals surface area (Å²) in [6, 6.07) is 0. The third-order valence-corrected chi connectivity index (χ3v) is 1.30. The number of hydrogen-bond donors (Lipinski definition) is 1. The van der Waals surface area contributed by atoms with Crippen LogP contribution in [-0.2, 0) is 4.74 Å². The van der Waals surface area contributed by atoms with Crippen molar-refractivity contribution >= 4 is 5.84 Å². The van der Waals surface area contributed by atoms with Crippen molar-refractivity contribution in [2.45, 2.75) is 26.4 Å². The van der Waals surface area contributed by atoms with Crippen molar-refractivity contribution in [3.05, 3.63) is 0 Å². The highest BCUT2D eigenvalue weighted by molar-refractivity contribution is 5.77. The van der Waals surface area contributed by atoms with Gasteiger partial charge in [-0.3, -0.25) is 4.99 Å². The topological polar surface area (TPSA) is 47.6 Å². The lowest BCUT2D eigenvalue weighted by Crippen LogP contribution is -2.10. The van der Waals surface area contributed by atoms with Gasteiger partial charge in [-0.15, -0.1) is 0 Å². The van der Waals surface area contributed by atoms with E-state index >= 15 is 0 Å². The largest absolute Gasteiger partial charge is 0.388 e. The summed E-state index contributed by atoms with van der Waals surface area (Å²) in [6.45, 7) is 4.57. The minimum atomic E-state index is 0.281. The number of amidine groups is 1. The van der Waals surface area contributed by atoms with Gasteiger partial charge in [-0.05, 0) is 20.3 Å². The molecule has 0 radical (unpaired) electrons. The summed E-state index contributed by atoms with van der Waals surface area (Å²) in [7, 11) is 1.70. The second-order valence-corrected chi connectivity index (χ2v) is 2.36. The molecule has 60 valence electrons. The van der Waals surface area contributed by atoms with Crippen LogP contribution in [0.5, 0.6) is 0 Å². The Balaban J connectivity index is 3.28. The molecule has 0 aromatic heterocycles. The van der Waals surface area contributed by atoms with Crippen LogP contribution in [0.4, 0.5) is 0 Å².